The van der Waals surface area contributed by atoms with Crippen molar-refractivity contribution in [2.45, 2.75) is 12.0 Å². The first-order valence-corrected chi connectivity index (χ1v) is 5.53. The fourth-order valence-corrected chi connectivity index (χ4v) is 1.69. The number of carbonyl (C=O) groups is 1. The molecule has 8 heteroatoms. The predicted molar refractivity (Wildman–Crippen MR) is 62.2 cm³/mol. The number of alkyl halides is 2. The molecule has 1 aliphatic heterocycles. The van der Waals surface area contributed by atoms with Crippen LogP contribution in [0.4, 0.5) is 14.6 Å². The molecule has 6 nitrogen and oxygen atoms in total. The van der Waals surface area contributed by atoms with Gasteiger partial charge in [-0.05, 0) is 0 Å². The van der Waals surface area contributed by atoms with Crippen molar-refractivity contribution in [3.8, 4) is 5.75 Å². The van der Waals surface area contributed by atoms with E-state index in [0.29, 0.717) is 0 Å². The monoisotopic (exact) mass is 273 g/mol. The molecule has 1 fully saturated rings. The topological polar surface area (TPSA) is 86.5 Å². The molecule has 0 radical (unpaired) electrons. The minimum Gasteiger partial charge on any atom is -0.479 e. The number of aromatic nitrogens is 1. The molecule has 3 N–H and O–H groups in total. The van der Waals surface area contributed by atoms with E-state index in [9.17, 15) is 13.6 Å². The first-order valence-electron chi connectivity index (χ1n) is 5.53. The maximum absolute atomic E-state index is 13.4. The molecule has 0 bridgehead atoms. The number of hydrogen-bond donors (Lipinski definition) is 2. The van der Waals surface area contributed by atoms with Gasteiger partial charge < -0.3 is 20.5 Å². The Kier molecular flexibility index (Phi) is 3.52. The highest BCUT2D eigenvalue weighted by Gasteiger charge is 2.46. The molecule has 0 aromatic carbocycles. The van der Waals surface area contributed by atoms with Crippen LogP contribution in [0.3, 0.4) is 0 Å². The standard InChI is InChI=1S/C11H13F2N3O3/c1-18-10(17)6-2-7(9(14)16-3-6)19-8-4-15-5-11(8,12)13/h2-3,8,15H,4-5H2,1H3,(H2,14,16). The van der Waals surface area contributed by atoms with Gasteiger partial charge in [0.05, 0.1) is 19.2 Å². The molecule has 1 aliphatic rings. The van der Waals surface area contributed by atoms with E-state index in [1.807, 2.05) is 0 Å². The van der Waals surface area contributed by atoms with Crippen LogP contribution in [0.15, 0.2) is 12.3 Å². The highest BCUT2D eigenvalue weighted by atomic mass is 19.3. The van der Waals surface area contributed by atoms with Gasteiger partial charge in [0.1, 0.15) is 0 Å². The molecular weight excluding hydrogens is 260 g/mol. The van der Waals surface area contributed by atoms with E-state index in [0.717, 1.165) is 0 Å². The Morgan fingerprint density at radius 3 is 2.95 bits per heavy atom. The third kappa shape index (κ3) is 2.73. The van der Waals surface area contributed by atoms with Gasteiger partial charge in [-0.15, -0.1) is 0 Å². The number of methoxy groups -OCH3 is 1. The van der Waals surface area contributed by atoms with Crippen LogP contribution in [-0.2, 0) is 4.74 Å². The van der Waals surface area contributed by atoms with Gasteiger partial charge >= 0.3 is 5.97 Å². The normalized spacial score (nSPS) is 21.1. The van der Waals surface area contributed by atoms with Crippen LogP contribution in [0.1, 0.15) is 10.4 Å². The maximum atomic E-state index is 13.4. The number of esters is 1. The van der Waals surface area contributed by atoms with Crippen LogP contribution in [0, 0.1) is 0 Å². The summed E-state index contributed by atoms with van der Waals surface area (Å²) in [5, 5.41) is 2.52. The van der Waals surface area contributed by atoms with E-state index in [1.165, 1.54) is 19.4 Å². The minimum atomic E-state index is -2.99. The summed E-state index contributed by atoms with van der Waals surface area (Å²) in [5.74, 6) is -3.76. The van der Waals surface area contributed by atoms with Crippen molar-refractivity contribution in [2.24, 2.45) is 0 Å². The van der Waals surface area contributed by atoms with Crippen LogP contribution in [0.2, 0.25) is 0 Å². The summed E-state index contributed by atoms with van der Waals surface area (Å²) in [4.78, 5) is 15.0. The summed E-state index contributed by atoms with van der Waals surface area (Å²) in [6.45, 7) is -0.462. The molecule has 1 saturated heterocycles. The van der Waals surface area contributed by atoms with Crippen LogP contribution >= 0.6 is 0 Å². The summed E-state index contributed by atoms with van der Waals surface area (Å²) >= 11 is 0. The number of anilines is 1. The van der Waals surface area contributed by atoms with Crippen LogP contribution in [0.5, 0.6) is 5.75 Å². The Bertz CT molecular complexity index is 496. The first-order chi connectivity index (χ1) is 8.94. The van der Waals surface area contributed by atoms with Gasteiger partial charge in [-0.3, -0.25) is 0 Å². The molecule has 0 amide bonds. The predicted octanol–water partition coefficient (Wildman–Crippen LogP) is 0.436. The van der Waals surface area contributed by atoms with Crippen molar-refractivity contribution in [2.75, 3.05) is 25.9 Å². The molecule has 1 atom stereocenters. The molecule has 0 aliphatic carbocycles. The number of nitrogens with zero attached hydrogens (tertiary/aromatic N) is 1. The van der Waals surface area contributed by atoms with Crippen LogP contribution in [0.25, 0.3) is 0 Å². The minimum absolute atomic E-state index is 0.00507. The number of pyridine rings is 1. The smallest absolute Gasteiger partial charge is 0.339 e. The molecule has 0 spiro atoms. The first kappa shape index (κ1) is 13.5. The van der Waals surface area contributed by atoms with Gasteiger partial charge in [-0.1, -0.05) is 0 Å². The quantitative estimate of drug-likeness (QED) is 0.777. The SMILES string of the molecule is COC(=O)c1cnc(N)c(OC2CNCC2(F)F)c1. The number of nitrogen functional groups attached to an aromatic ring is 1. The van der Waals surface area contributed by atoms with E-state index in [4.69, 9.17) is 10.5 Å². The summed E-state index contributed by atoms with van der Waals surface area (Å²) in [5.41, 5.74) is 5.63. The zero-order valence-corrected chi connectivity index (χ0v) is 10.2. The van der Waals surface area contributed by atoms with Crippen LogP contribution in [-0.4, -0.2) is 43.2 Å². The van der Waals surface area contributed by atoms with Crippen molar-refractivity contribution in [3.05, 3.63) is 17.8 Å². The Balaban J connectivity index is 2.22. The fourth-order valence-electron chi connectivity index (χ4n) is 1.69. The van der Waals surface area contributed by atoms with Crippen LogP contribution < -0.4 is 15.8 Å². The summed E-state index contributed by atoms with van der Waals surface area (Å²) in [7, 11) is 1.20. The molecule has 19 heavy (non-hydrogen) atoms. The lowest BCUT2D eigenvalue weighted by Crippen LogP contribution is -2.36. The van der Waals surface area contributed by atoms with Gasteiger partial charge in [0, 0.05) is 18.8 Å². The van der Waals surface area contributed by atoms with Gasteiger partial charge in [-0.2, -0.15) is 0 Å². The molecule has 1 unspecified atom stereocenters. The molecule has 1 aromatic heterocycles. The van der Waals surface area contributed by atoms with Crippen molar-refractivity contribution in [1.82, 2.24) is 10.3 Å². The van der Waals surface area contributed by atoms with E-state index in [-0.39, 0.29) is 23.7 Å². The second-order valence-electron chi connectivity index (χ2n) is 4.10. The Hall–Kier alpha value is -1.96. The Morgan fingerprint density at radius 1 is 1.63 bits per heavy atom. The second-order valence-corrected chi connectivity index (χ2v) is 4.10. The zero-order valence-electron chi connectivity index (χ0n) is 10.2. The highest BCUT2D eigenvalue weighted by Crippen LogP contribution is 2.29. The highest BCUT2D eigenvalue weighted by molar-refractivity contribution is 5.89. The average Bonchev–Trinajstić information content (AvgIpc) is 2.70. The van der Waals surface area contributed by atoms with Crippen molar-refractivity contribution < 1.29 is 23.0 Å². The summed E-state index contributed by atoms with van der Waals surface area (Å²) < 4.78 is 36.5. The van der Waals surface area contributed by atoms with Crippen molar-refractivity contribution >= 4 is 11.8 Å². The van der Waals surface area contributed by atoms with Crippen molar-refractivity contribution in [1.29, 1.82) is 0 Å². The number of ether oxygens (including phenoxy) is 2. The number of nitrogens with two attached hydrogens (primary N) is 1. The van der Waals surface area contributed by atoms with E-state index in [1.54, 1.807) is 0 Å². The summed E-state index contributed by atoms with van der Waals surface area (Å²) in [6.07, 6.45) is -0.150. The molecule has 0 saturated carbocycles. The number of hydrogen-bond acceptors (Lipinski definition) is 6. The van der Waals surface area contributed by atoms with Gasteiger partial charge in [0.15, 0.2) is 17.7 Å². The maximum Gasteiger partial charge on any atom is 0.339 e. The summed E-state index contributed by atoms with van der Waals surface area (Å²) in [6, 6.07) is 1.24. The number of nitrogens with one attached hydrogen (secondary N) is 1. The number of carbonyl (C=O) groups excluding carboxylic acids is 1. The fraction of sp³-hybridized carbons (Fsp3) is 0.455. The second kappa shape index (κ2) is 4.96. The zero-order chi connectivity index (χ0) is 14.0. The molecular formula is C11H13F2N3O3. The Labute approximate surface area is 107 Å². The van der Waals surface area contributed by atoms with Gasteiger partial charge in [0.25, 0.3) is 5.92 Å². The molecule has 1 aromatic rings. The van der Waals surface area contributed by atoms with Gasteiger partial charge in [-0.25, -0.2) is 18.6 Å². The molecule has 2 rings (SSSR count). The Morgan fingerprint density at radius 2 is 2.37 bits per heavy atom. The molecule has 104 valence electrons. The lowest BCUT2D eigenvalue weighted by Gasteiger charge is -2.20. The third-order valence-electron chi connectivity index (χ3n) is 2.73. The largest absolute Gasteiger partial charge is 0.479 e. The van der Waals surface area contributed by atoms with E-state index < -0.39 is 24.5 Å². The van der Waals surface area contributed by atoms with Gasteiger partial charge in [0.2, 0.25) is 0 Å². The third-order valence-corrected chi connectivity index (χ3v) is 2.73. The van der Waals surface area contributed by atoms with Crippen molar-refractivity contribution in [3.63, 3.8) is 0 Å². The number of halogens is 2. The lowest BCUT2D eigenvalue weighted by molar-refractivity contribution is -0.0596. The average molecular weight is 273 g/mol. The lowest BCUT2D eigenvalue weighted by atomic mass is 10.2. The van der Waals surface area contributed by atoms with E-state index in [2.05, 4.69) is 15.0 Å². The molecule has 2 heterocycles. The number of rotatable bonds is 3. The van der Waals surface area contributed by atoms with E-state index >= 15 is 0 Å².